The molecule has 10 heteroatoms. The van der Waals surface area contributed by atoms with E-state index in [9.17, 15) is 18.0 Å². The lowest BCUT2D eigenvalue weighted by Crippen LogP contribution is -2.51. The highest BCUT2D eigenvalue weighted by molar-refractivity contribution is 9.10. The van der Waals surface area contributed by atoms with E-state index in [-0.39, 0.29) is 17.3 Å². The van der Waals surface area contributed by atoms with Crippen LogP contribution in [0.3, 0.4) is 0 Å². The van der Waals surface area contributed by atoms with Crippen molar-refractivity contribution in [3.63, 3.8) is 0 Å². The van der Waals surface area contributed by atoms with Gasteiger partial charge in [0.05, 0.1) is 10.6 Å². The zero-order chi connectivity index (χ0) is 29.4. The van der Waals surface area contributed by atoms with Crippen molar-refractivity contribution in [1.82, 2.24) is 10.2 Å². The number of carbonyl (C=O) groups excluding carboxylic acids is 2. The second kappa shape index (κ2) is 14.1. The van der Waals surface area contributed by atoms with Gasteiger partial charge in [-0.3, -0.25) is 13.9 Å². The van der Waals surface area contributed by atoms with E-state index in [0.29, 0.717) is 22.8 Å². The van der Waals surface area contributed by atoms with Crippen molar-refractivity contribution in [1.29, 1.82) is 0 Å². The third-order valence-corrected chi connectivity index (χ3v) is 9.37. The van der Waals surface area contributed by atoms with Gasteiger partial charge in [0.15, 0.2) is 0 Å². The summed E-state index contributed by atoms with van der Waals surface area (Å²) in [4.78, 5) is 28.5. The average Bonchev–Trinajstić information content (AvgIpc) is 2.93. The molecular formula is C30H35BrClN3O4S. The van der Waals surface area contributed by atoms with Crippen molar-refractivity contribution in [2.45, 2.75) is 58.0 Å². The van der Waals surface area contributed by atoms with E-state index in [2.05, 4.69) is 21.2 Å². The topological polar surface area (TPSA) is 86.8 Å². The van der Waals surface area contributed by atoms with Gasteiger partial charge in [-0.15, -0.1) is 0 Å². The summed E-state index contributed by atoms with van der Waals surface area (Å²) in [7, 11) is -4.16. The molecule has 3 rings (SSSR count). The zero-order valence-corrected chi connectivity index (χ0v) is 26.3. The van der Waals surface area contributed by atoms with Gasteiger partial charge in [0.25, 0.3) is 10.0 Å². The van der Waals surface area contributed by atoms with Crippen LogP contribution in [0.5, 0.6) is 0 Å². The van der Waals surface area contributed by atoms with E-state index < -0.39 is 28.5 Å². The number of nitrogens with zero attached hydrogens (tertiary/aromatic N) is 2. The fourth-order valence-electron chi connectivity index (χ4n) is 4.12. The summed E-state index contributed by atoms with van der Waals surface area (Å²) in [6.45, 7) is 7.37. The molecule has 7 nitrogen and oxygen atoms in total. The molecule has 0 bridgehead atoms. The Balaban J connectivity index is 2.04. The van der Waals surface area contributed by atoms with Crippen LogP contribution in [0.2, 0.25) is 5.02 Å². The number of unbranched alkanes of at least 4 members (excludes halogenated alkanes) is 1. The Kier molecular flexibility index (Phi) is 11.2. The van der Waals surface area contributed by atoms with Gasteiger partial charge in [-0.2, -0.15) is 0 Å². The van der Waals surface area contributed by atoms with Crippen molar-refractivity contribution < 1.29 is 18.0 Å². The van der Waals surface area contributed by atoms with Crippen LogP contribution in [0, 0.1) is 13.8 Å². The molecule has 0 spiro atoms. The maximum atomic E-state index is 14.0. The maximum Gasteiger partial charge on any atom is 0.264 e. The quantitative estimate of drug-likeness (QED) is 0.235. The molecule has 0 aliphatic rings. The molecule has 214 valence electrons. The first-order chi connectivity index (χ1) is 18.9. The number of nitrogens with one attached hydrogen (secondary N) is 1. The van der Waals surface area contributed by atoms with Crippen LogP contribution in [-0.2, 0) is 26.2 Å². The number of hydrogen-bond donors (Lipinski definition) is 1. The summed E-state index contributed by atoms with van der Waals surface area (Å²) in [6.07, 6.45) is 1.73. The summed E-state index contributed by atoms with van der Waals surface area (Å²) in [5.41, 5.74) is 2.53. The normalized spacial score (nSPS) is 12.1. The second-order valence-electron chi connectivity index (χ2n) is 9.68. The van der Waals surface area contributed by atoms with Crippen LogP contribution in [-0.4, -0.2) is 44.3 Å². The number of halogens is 2. The first kappa shape index (κ1) is 31.6. The molecule has 0 aliphatic heterocycles. The minimum atomic E-state index is -4.16. The summed E-state index contributed by atoms with van der Waals surface area (Å²) >= 11 is 9.79. The zero-order valence-electron chi connectivity index (χ0n) is 23.2. The number of carbonyl (C=O) groups is 2. The van der Waals surface area contributed by atoms with E-state index in [1.54, 1.807) is 44.2 Å². The largest absolute Gasteiger partial charge is 0.354 e. The lowest BCUT2D eigenvalue weighted by Gasteiger charge is -2.32. The first-order valence-corrected chi connectivity index (χ1v) is 15.7. The fourth-order valence-corrected chi connectivity index (χ4v) is 6.03. The molecule has 0 aliphatic carbocycles. The van der Waals surface area contributed by atoms with Crippen molar-refractivity contribution in [2.75, 3.05) is 17.4 Å². The predicted octanol–water partition coefficient (Wildman–Crippen LogP) is 6.25. The van der Waals surface area contributed by atoms with Gasteiger partial charge in [-0.05, 0) is 74.7 Å². The standard InChI is InChI=1S/C30H35BrClN3O4S/c1-5-6-18-33-30(37)23(4)34(19-24-12-14-25(31)15-13-24)29(36)20-35(28-9-7-8-27(32)22(28)3)40(38,39)26-16-10-21(2)11-17-26/h7-17,23H,5-6,18-20H2,1-4H3,(H,33,37). The van der Waals surface area contributed by atoms with Gasteiger partial charge in [-0.1, -0.05) is 76.8 Å². The Morgan fingerprint density at radius 2 is 1.65 bits per heavy atom. The number of aryl methyl sites for hydroxylation is 1. The maximum absolute atomic E-state index is 14.0. The summed E-state index contributed by atoms with van der Waals surface area (Å²) in [6, 6.07) is 18.0. The molecular weight excluding hydrogens is 614 g/mol. The molecule has 1 unspecified atom stereocenters. The molecule has 2 amide bonds. The van der Waals surface area contributed by atoms with Crippen molar-refractivity contribution >= 4 is 55.1 Å². The molecule has 3 aromatic carbocycles. The molecule has 0 saturated carbocycles. The van der Waals surface area contributed by atoms with Crippen molar-refractivity contribution in [3.8, 4) is 0 Å². The Labute approximate surface area is 250 Å². The number of hydrogen-bond acceptors (Lipinski definition) is 4. The van der Waals surface area contributed by atoms with E-state index in [4.69, 9.17) is 11.6 Å². The SMILES string of the molecule is CCCCNC(=O)C(C)N(Cc1ccc(Br)cc1)C(=O)CN(c1cccc(Cl)c1C)S(=O)(=O)c1ccc(C)cc1. The molecule has 0 aromatic heterocycles. The van der Waals surface area contributed by atoms with Crippen LogP contribution < -0.4 is 9.62 Å². The van der Waals surface area contributed by atoms with Crippen LogP contribution in [0.15, 0.2) is 76.1 Å². The number of amides is 2. The number of rotatable bonds is 12. The van der Waals surface area contributed by atoms with Gasteiger partial charge in [0, 0.05) is 22.6 Å². The smallest absolute Gasteiger partial charge is 0.264 e. The predicted molar refractivity (Wildman–Crippen MR) is 164 cm³/mol. The lowest BCUT2D eigenvalue weighted by atomic mass is 10.1. The summed E-state index contributed by atoms with van der Waals surface area (Å²) < 4.78 is 29.9. The first-order valence-electron chi connectivity index (χ1n) is 13.1. The third-order valence-electron chi connectivity index (χ3n) is 6.66. The number of benzene rings is 3. The number of sulfonamides is 1. The minimum Gasteiger partial charge on any atom is -0.354 e. The Morgan fingerprint density at radius 3 is 2.27 bits per heavy atom. The van der Waals surface area contributed by atoms with Gasteiger partial charge >= 0.3 is 0 Å². The monoisotopic (exact) mass is 647 g/mol. The van der Waals surface area contributed by atoms with Crippen LogP contribution in [0.4, 0.5) is 5.69 Å². The van der Waals surface area contributed by atoms with Crippen molar-refractivity contribution in [3.05, 3.63) is 92.9 Å². The Morgan fingerprint density at radius 1 is 1.00 bits per heavy atom. The highest BCUT2D eigenvalue weighted by atomic mass is 79.9. The molecule has 1 atom stereocenters. The summed E-state index contributed by atoms with van der Waals surface area (Å²) in [5, 5.41) is 3.27. The molecule has 0 radical (unpaired) electrons. The lowest BCUT2D eigenvalue weighted by molar-refractivity contribution is -0.139. The molecule has 1 N–H and O–H groups in total. The van der Waals surface area contributed by atoms with Gasteiger partial charge in [-0.25, -0.2) is 8.42 Å². The Hall–Kier alpha value is -2.88. The highest BCUT2D eigenvalue weighted by Gasteiger charge is 2.33. The molecule has 0 fully saturated rings. The highest BCUT2D eigenvalue weighted by Crippen LogP contribution is 2.31. The molecule has 3 aromatic rings. The molecule has 0 saturated heterocycles. The van der Waals surface area contributed by atoms with Gasteiger partial charge in [0.1, 0.15) is 12.6 Å². The average molecular weight is 649 g/mol. The van der Waals surface area contributed by atoms with E-state index in [1.165, 1.54) is 17.0 Å². The fraction of sp³-hybridized carbons (Fsp3) is 0.333. The molecule has 0 heterocycles. The van der Waals surface area contributed by atoms with Crippen LogP contribution in [0.25, 0.3) is 0 Å². The van der Waals surface area contributed by atoms with Gasteiger partial charge in [0.2, 0.25) is 11.8 Å². The van der Waals surface area contributed by atoms with Crippen LogP contribution >= 0.6 is 27.5 Å². The Bertz CT molecular complexity index is 1430. The van der Waals surface area contributed by atoms with Gasteiger partial charge < -0.3 is 10.2 Å². The van der Waals surface area contributed by atoms with E-state index >= 15 is 0 Å². The number of anilines is 1. The van der Waals surface area contributed by atoms with E-state index in [0.717, 1.165) is 32.7 Å². The second-order valence-corrected chi connectivity index (χ2v) is 12.9. The summed E-state index contributed by atoms with van der Waals surface area (Å²) in [5.74, 6) is -0.818. The van der Waals surface area contributed by atoms with Crippen LogP contribution in [0.1, 0.15) is 43.4 Å². The van der Waals surface area contributed by atoms with E-state index in [1.807, 2.05) is 38.1 Å². The minimum absolute atomic E-state index is 0.0510. The molecule has 40 heavy (non-hydrogen) atoms. The third kappa shape index (κ3) is 7.86. The van der Waals surface area contributed by atoms with Crippen molar-refractivity contribution in [2.24, 2.45) is 0 Å².